The smallest absolute Gasteiger partial charge is 0.870 e. The molecule has 2 aromatic heterocycles. The summed E-state index contributed by atoms with van der Waals surface area (Å²) in [5, 5.41) is 8.32. The minimum absolute atomic E-state index is 0. The Morgan fingerprint density at radius 2 is 1.20 bits per heavy atom. The molecule has 2 heterocycles. The largest absolute Gasteiger partial charge is 1.00 e. The Kier molecular flexibility index (Phi) is 12.3. The molecular formula is C14H11F6N4NaO5. The third-order valence-electron chi connectivity index (χ3n) is 2.57. The number of hydrogen-bond donors (Lipinski definition) is 1. The summed E-state index contributed by atoms with van der Waals surface area (Å²) in [6.45, 7) is 1.72. The summed E-state index contributed by atoms with van der Waals surface area (Å²) in [5.41, 5.74) is -0.488. The van der Waals surface area contributed by atoms with Gasteiger partial charge in [-0.2, -0.15) is 26.3 Å². The summed E-state index contributed by atoms with van der Waals surface area (Å²) >= 11 is 0. The molecule has 0 radical (unpaired) electrons. The Morgan fingerprint density at radius 1 is 0.867 bits per heavy atom. The molecule has 30 heavy (non-hydrogen) atoms. The van der Waals surface area contributed by atoms with Gasteiger partial charge in [0.05, 0.1) is 17.7 Å². The SMILES string of the molecule is CCOC(=O)c1cnc(C(F)(F)F)nc1.O=C(O)c1cnc(C(F)(F)F)nc1.[Na+].[OH-]. The van der Waals surface area contributed by atoms with Gasteiger partial charge in [0, 0.05) is 24.8 Å². The first kappa shape index (κ1) is 29.8. The van der Waals surface area contributed by atoms with Crippen molar-refractivity contribution in [3.05, 3.63) is 47.6 Å². The topological polar surface area (TPSA) is 145 Å². The predicted molar refractivity (Wildman–Crippen MR) is 78.9 cm³/mol. The zero-order chi connectivity index (χ0) is 21.5. The standard InChI is InChI=1S/C8H7F3N2O2.C6H3F3N2O2.Na.H2O/c1-2-15-6(14)5-3-12-7(13-4-5)8(9,10)11;7-6(8,9)5-10-1-3(2-11-5)4(12)13;;/h3-4H,2H2,1H3;1-2H,(H,12,13);;1H2/q;;+1;/p-1. The fourth-order valence-electron chi connectivity index (χ4n) is 1.38. The van der Waals surface area contributed by atoms with Crippen LogP contribution >= 0.6 is 0 Å². The van der Waals surface area contributed by atoms with Gasteiger partial charge in [-0.15, -0.1) is 0 Å². The number of halogens is 6. The first-order valence-electron chi connectivity index (χ1n) is 7.05. The Balaban J connectivity index is 0. The Morgan fingerprint density at radius 3 is 1.47 bits per heavy atom. The summed E-state index contributed by atoms with van der Waals surface area (Å²) in [5.74, 6) is -4.74. The summed E-state index contributed by atoms with van der Waals surface area (Å²) in [4.78, 5) is 33.0. The quantitative estimate of drug-likeness (QED) is 0.377. The van der Waals surface area contributed by atoms with Gasteiger partial charge in [-0.1, -0.05) is 0 Å². The van der Waals surface area contributed by atoms with Gasteiger partial charge >= 0.3 is 53.8 Å². The molecule has 2 aromatic rings. The molecule has 0 aliphatic rings. The van der Waals surface area contributed by atoms with Crippen LogP contribution in [0.4, 0.5) is 26.3 Å². The van der Waals surface area contributed by atoms with Gasteiger partial charge in [-0.25, -0.2) is 29.5 Å². The van der Waals surface area contributed by atoms with Crippen molar-refractivity contribution in [3.8, 4) is 0 Å². The van der Waals surface area contributed by atoms with Crippen LogP contribution in [0.2, 0.25) is 0 Å². The van der Waals surface area contributed by atoms with Crippen LogP contribution in [0.15, 0.2) is 24.8 Å². The van der Waals surface area contributed by atoms with Crippen LogP contribution < -0.4 is 29.6 Å². The third-order valence-corrected chi connectivity index (χ3v) is 2.57. The molecule has 0 amide bonds. The molecule has 0 atom stereocenters. The first-order valence-corrected chi connectivity index (χ1v) is 7.05. The fraction of sp³-hybridized carbons (Fsp3) is 0.286. The van der Waals surface area contributed by atoms with Crippen LogP contribution in [0, 0.1) is 0 Å². The van der Waals surface area contributed by atoms with Crippen molar-refractivity contribution >= 4 is 11.9 Å². The van der Waals surface area contributed by atoms with Gasteiger partial charge in [-0.05, 0) is 6.92 Å². The maximum atomic E-state index is 12.0. The average Bonchev–Trinajstić information content (AvgIpc) is 2.61. The molecule has 0 unspecified atom stereocenters. The number of alkyl halides is 6. The number of carboxylic acid groups (broad SMARTS) is 1. The van der Waals surface area contributed by atoms with E-state index in [-0.39, 0.29) is 52.8 Å². The molecule has 0 aromatic carbocycles. The van der Waals surface area contributed by atoms with Crippen LogP contribution in [0.25, 0.3) is 0 Å². The van der Waals surface area contributed by atoms with Crippen LogP contribution in [0.5, 0.6) is 0 Å². The number of esters is 1. The molecule has 0 saturated heterocycles. The van der Waals surface area contributed by atoms with E-state index in [1.54, 1.807) is 6.92 Å². The van der Waals surface area contributed by atoms with Gasteiger partial charge in [-0.3, -0.25) is 0 Å². The molecule has 0 aliphatic carbocycles. The van der Waals surface area contributed by atoms with Crippen molar-refractivity contribution in [2.75, 3.05) is 6.61 Å². The van der Waals surface area contributed by atoms with Gasteiger partial charge in [0.15, 0.2) is 0 Å². The monoisotopic (exact) mass is 452 g/mol. The van der Waals surface area contributed by atoms with Gasteiger partial charge < -0.3 is 15.3 Å². The second-order valence-corrected chi connectivity index (χ2v) is 4.61. The van der Waals surface area contributed by atoms with Crippen molar-refractivity contribution in [2.45, 2.75) is 19.3 Å². The molecule has 160 valence electrons. The van der Waals surface area contributed by atoms with E-state index in [2.05, 4.69) is 24.7 Å². The van der Waals surface area contributed by atoms with Crippen LogP contribution in [-0.2, 0) is 17.1 Å². The molecular weight excluding hydrogens is 441 g/mol. The number of rotatable bonds is 3. The van der Waals surface area contributed by atoms with Crippen molar-refractivity contribution in [1.29, 1.82) is 0 Å². The summed E-state index contributed by atoms with van der Waals surface area (Å²) in [7, 11) is 0. The van der Waals surface area contributed by atoms with E-state index in [0.717, 1.165) is 12.4 Å². The summed E-state index contributed by atoms with van der Waals surface area (Å²) in [6.07, 6.45) is -6.46. The van der Waals surface area contributed by atoms with Crippen LogP contribution in [0.1, 0.15) is 39.3 Å². The molecule has 0 aliphatic heterocycles. The van der Waals surface area contributed by atoms with Gasteiger partial charge in [0.25, 0.3) is 0 Å². The molecule has 9 nitrogen and oxygen atoms in total. The van der Waals surface area contributed by atoms with E-state index in [1.165, 1.54) is 0 Å². The molecule has 16 heteroatoms. The Labute approximate surface area is 186 Å². The number of carboxylic acids is 1. The Bertz CT molecular complexity index is 816. The average molecular weight is 452 g/mol. The molecule has 0 fully saturated rings. The van der Waals surface area contributed by atoms with E-state index in [0.29, 0.717) is 12.4 Å². The number of carbonyl (C=O) groups is 2. The number of aromatic carboxylic acids is 1. The second-order valence-electron chi connectivity index (χ2n) is 4.61. The van der Waals surface area contributed by atoms with Crippen LogP contribution in [-0.4, -0.2) is 49.1 Å². The zero-order valence-corrected chi connectivity index (χ0v) is 17.2. The zero-order valence-electron chi connectivity index (χ0n) is 15.2. The van der Waals surface area contributed by atoms with E-state index in [1.807, 2.05) is 0 Å². The number of carbonyl (C=O) groups excluding carboxylic acids is 1. The minimum atomic E-state index is -4.64. The van der Waals surface area contributed by atoms with Crippen LogP contribution in [0.3, 0.4) is 0 Å². The fourth-order valence-corrected chi connectivity index (χ4v) is 1.38. The number of aromatic nitrogens is 4. The maximum Gasteiger partial charge on any atom is 1.00 e. The Hall–Kier alpha value is -2.36. The second kappa shape index (κ2) is 12.4. The number of hydrogen-bond acceptors (Lipinski definition) is 8. The van der Waals surface area contributed by atoms with Gasteiger partial charge in [0.2, 0.25) is 11.6 Å². The predicted octanol–water partition coefficient (Wildman–Crippen LogP) is -0.307. The number of ether oxygens (including phenoxy) is 1. The summed E-state index contributed by atoms with van der Waals surface area (Å²) < 4.78 is 76.2. The van der Waals surface area contributed by atoms with E-state index in [9.17, 15) is 35.9 Å². The third kappa shape index (κ3) is 9.43. The maximum absolute atomic E-state index is 12.0. The molecule has 0 spiro atoms. The van der Waals surface area contributed by atoms with Crippen molar-refractivity contribution in [1.82, 2.24) is 19.9 Å². The van der Waals surface area contributed by atoms with Gasteiger partial charge in [0.1, 0.15) is 0 Å². The molecule has 2 N–H and O–H groups in total. The van der Waals surface area contributed by atoms with E-state index in [4.69, 9.17) is 5.11 Å². The number of nitrogens with zero attached hydrogens (tertiary/aromatic N) is 4. The molecule has 0 saturated carbocycles. The summed E-state index contributed by atoms with van der Waals surface area (Å²) in [6, 6.07) is 0. The minimum Gasteiger partial charge on any atom is -0.870 e. The van der Waals surface area contributed by atoms with E-state index < -0.39 is 35.9 Å². The first-order chi connectivity index (χ1) is 12.9. The van der Waals surface area contributed by atoms with Crippen molar-refractivity contribution < 1.29 is 80.8 Å². The molecule has 2 rings (SSSR count). The van der Waals surface area contributed by atoms with Crippen molar-refractivity contribution in [3.63, 3.8) is 0 Å². The normalized spacial score (nSPS) is 10.5. The molecule has 0 bridgehead atoms. The van der Waals surface area contributed by atoms with E-state index >= 15 is 0 Å². The van der Waals surface area contributed by atoms with Crippen molar-refractivity contribution in [2.24, 2.45) is 0 Å².